The molecule has 1 aromatic heterocycles. The molecule has 1 fully saturated rings. The summed E-state index contributed by atoms with van der Waals surface area (Å²) in [6.07, 6.45) is 5.54. The van der Waals surface area contributed by atoms with Gasteiger partial charge in [-0.15, -0.1) is 0 Å². The number of amides is 1. The van der Waals surface area contributed by atoms with Gasteiger partial charge in [0.05, 0.1) is 12.5 Å². The van der Waals surface area contributed by atoms with Crippen LogP contribution < -0.4 is 5.32 Å². The first-order chi connectivity index (χ1) is 17.8. The van der Waals surface area contributed by atoms with Gasteiger partial charge in [0.15, 0.2) is 0 Å². The highest BCUT2D eigenvalue weighted by atomic mass is 19.1. The molecule has 0 spiro atoms. The number of carbonyl (C=O) groups is 3. The van der Waals surface area contributed by atoms with Crippen molar-refractivity contribution in [2.45, 2.75) is 31.7 Å². The predicted molar refractivity (Wildman–Crippen MR) is 134 cm³/mol. The molecule has 3 N–H and O–H groups in total. The van der Waals surface area contributed by atoms with E-state index in [9.17, 15) is 9.18 Å². The largest absolute Gasteiger partial charge is 0.473 e. The van der Waals surface area contributed by atoms with Crippen molar-refractivity contribution in [3.63, 3.8) is 0 Å². The molecule has 0 aliphatic carbocycles. The number of aromatic nitrogens is 1. The molecule has 4 rings (SSSR count). The average Bonchev–Trinajstić information content (AvgIpc) is 3.31. The normalized spacial score (nSPS) is 13.8. The van der Waals surface area contributed by atoms with Crippen molar-refractivity contribution in [2.75, 3.05) is 26.2 Å². The van der Waals surface area contributed by atoms with Gasteiger partial charge < -0.3 is 25.0 Å². The number of carboxylic acids is 2. The van der Waals surface area contributed by atoms with E-state index >= 15 is 0 Å². The van der Waals surface area contributed by atoms with Crippen LogP contribution in [0.5, 0.6) is 0 Å². The Morgan fingerprint density at radius 1 is 1.00 bits per heavy atom. The van der Waals surface area contributed by atoms with Crippen molar-refractivity contribution in [2.24, 2.45) is 0 Å². The molecule has 2 heterocycles. The quantitative estimate of drug-likeness (QED) is 0.330. The molecule has 2 aromatic carbocycles. The number of rotatable bonds is 7. The summed E-state index contributed by atoms with van der Waals surface area (Å²) in [5.74, 6) is -3.96. The summed E-state index contributed by atoms with van der Waals surface area (Å²) in [6, 6.07) is 17.5. The number of piperidine rings is 1. The smallest absolute Gasteiger partial charge is 0.414 e. The maximum absolute atomic E-state index is 13.1. The second-order valence-electron chi connectivity index (χ2n) is 8.79. The van der Waals surface area contributed by atoms with Gasteiger partial charge >= 0.3 is 11.9 Å². The van der Waals surface area contributed by atoms with Gasteiger partial charge in [-0.05, 0) is 60.0 Å². The minimum atomic E-state index is -1.82. The zero-order chi connectivity index (χ0) is 26.8. The Morgan fingerprint density at radius 2 is 1.65 bits per heavy atom. The number of carboxylic acid groups (broad SMARTS) is 2. The molecule has 1 amide bonds. The van der Waals surface area contributed by atoms with E-state index in [-0.39, 0.29) is 24.7 Å². The van der Waals surface area contributed by atoms with E-state index in [0.29, 0.717) is 6.04 Å². The van der Waals surface area contributed by atoms with E-state index in [0.717, 1.165) is 50.0 Å². The number of carbonyl (C=O) groups excluding carboxylic acids is 1. The van der Waals surface area contributed by atoms with Crippen LogP contribution in [-0.2, 0) is 27.2 Å². The first kappa shape index (κ1) is 27.4. The van der Waals surface area contributed by atoms with Crippen molar-refractivity contribution in [1.29, 1.82) is 5.26 Å². The van der Waals surface area contributed by atoms with Crippen molar-refractivity contribution < 1.29 is 29.0 Å². The summed E-state index contributed by atoms with van der Waals surface area (Å²) in [6.45, 7) is 3.12. The number of halogens is 1. The molecular weight excluding hydrogens is 479 g/mol. The number of aliphatic carboxylic acids is 2. The lowest BCUT2D eigenvalue weighted by atomic mass is 10.0. The van der Waals surface area contributed by atoms with Gasteiger partial charge in [0.2, 0.25) is 5.91 Å². The third kappa shape index (κ3) is 8.15. The number of hydrogen-bond acceptors (Lipinski definition) is 5. The standard InChI is InChI=1S/C25H27FN4O.C2H2O4/c26-22-5-2-19(3-6-22)7-13-29-14-9-23(10-15-29)30-16-8-21-4-1-20(17-24(21)30)18-25(31)28-12-11-27;3-1(4)2(5)6/h1-6,8,16-17,23H,7,9-10,12-15,18H2,(H,28,31);(H,3,4)(H,5,6). The van der Waals surface area contributed by atoms with Crippen molar-refractivity contribution in [3.05, 3.63) is 71.7 Å². The van der Waals surface area contributed by atoms with Gasteiger partial charge in [-0.3, -0.25) is 4.79 Å². The number of nitrogens with zero attached hydrogens (tertiary/aromatic N) is 3. The summed E-state index contributed by atoms with van der Waals surface area (Å²) in [5.41, 5.74) is 3.29. The molecule has 37 heavy (non-hydrogen) atoms. The Morgan fingerprint density at radius 3 is 2.27 bits per heavy atom. The first-order valence-corrected chi connectivity index (χ1v) is 11.9. The molecule has 0 bridgehead atoms. The highest BCUT2D eigenvalue weighted by Crippen LogP contribution is 2.28. The molecule has 3 aromatic rings. The highest BCUT2D eigenvalue weighted by Gasteiger charge is 2.21. The molecule has 0 unspecified atom stereocenters. The fourth-order valence-corrected chi connectivity index (χ4v) is 4.37. The van der Waals surface area contributed by atoms with E-state index in [4.69, 9.17) is 25.1 Å². The van der Waals surface area contributed by atoms with Crippen molar-refractivity contribution in [1.82, 2.24) is 14.8 Å². The Bertz CT molecular complexity index is 1260. The Balaban J connectivity index is 0.000000568. The van der Waals surface area contributed by atoms with Gasteiger partial charge in [-0.25, -0.2) is 14.0 Å². The number of fused-ring (bicyclic) bond motifs is 1. The lowest BCUT2D eigenvalue weighted by Crippen LogP contribution is -2.35. The summed E-state index contributed by atoms with van der Waals surface area (Å²) in [5, 5.41) is 27.2. The van der Waals surface area contributed by atoms with E-state index in [1.807, 2.05) is 24.3 Å². The minimum Gasteiger partial charge on any atom is -0.473 e. The number of hydrogen-bond donors (Lipinski definition) is 3. The van der Waals surface area contributed by atoms with Crippen LogP contribution in [0.4, 0.5) is 4.39 Å². The van der Waals surface area contributed by atoms with Gasteiger partial charge in [-0.1, -0.05) is 24.3 Å². The molecule has 0 radical (unpaired) electrons. The maximum Gasteiger partial charge on any atom is 0.414 e. The van der Waals surface area contributed by atoms with Crippen LogP contribution >= 0.6 is 0 Å². The molecular formula is C27H29FN4O5. The summed E-state index contributed by atoms with van der Waals surface area (Å²) in [7, 11) is 0. The number of benzene rings is 2. The van der Waals surface area contributed by atoms with E-state index in [1.165, 1.54) is 23.1 Å². The number of nitriles is 1. The van der Waals surface area contributed by atoms with Crippen molar-refractivity contribution in [3.8, 4) is 6.07 Å². The minimum absolute atomic E-state index is 0.0389. The second kappa shape index (κ2) is 13.2. The lowest BCUT2D eigenvalue weighted by Gasteiger charge is -2.33. The summed E-state index contributed by atoms with van der Waals surface area (Å²) < 4.78 is 15.4. The van der Waals surface area contributed by atoms with Crippen LogP contribution in [0, 0.1) is 17.1 Å². The van der Waals surface area contributed by atoms with E-state index in [2.05, 4.69) is 39.2 Å². The SMILES string of the molecule is N#CCNC(=O)Cc1ccc2ccn(C3CCN(CCc4ccc(F)cc4)CC3)c2c1.O=C(O)C(=O)O. The zero-order valence-electron chi connectivity index (χ0n) is 20.3. The number of nitrogens with one attached hydrogen (secondary N) is 1. The van der Waals surface area contributed by atoms with Crippen LogP contribution in [0.25, 0.3) is 10.9 Å². The first-order valence-electron chi connectivity index (χ1n) is 11.9. The number of likely N-dealkylation sites (tertiary alicyclic amines) is 1. The van der Waals surface area contributed by atoms with Gasteiger partial charge in [0, 0.05) is 37.4 Å². The van der Waals surface area contributed by atoms with Crippen LogP contribution in [0.15, 0.2) is 54.7 Å². The third-order valence-electron chi connectivity index (χ3n) is 6.28. The summed E-state index contributed by atoms with van der Waals surface area (Å²) in [4.78, 5) is 32.6. The van der Waals surface area contributed by atoms with E-state index < -0.39 is 11.9 Å². The predicted octanol–water partition coefficient (Wildman–Crippen LogP) is 3.00. The average molecular weight is 509 g/mol. The van der Waals surface area contributed by atoms with E-state index in [1.54, 1.807) is 0 Å². The Labute approximate surface area is 213 Å². The Hall–Kier alpha value is -4.23. The molecule has 10 heteroatoms. The Kier molecular flexibility index (Phi) is 9.75. The van der Waals surface area contributed by atoms with Gasteiger partial charge in [0.25, 0.3) is 0 Å². The monoisotopic (exact) mass is 508 g/mol. The molecule has 1 aliphatic rings. The van der Waals surface area contributed by atoms with Crippen LogP contribution in [0.1, 0.15) is 30.0 Å². The molecule has 1 saturated heterocycles. The zero-order valence-corrected chi connectivity index (χ0v) is 20.3. The lowest BCUT2D eigenvalue weighted by molar-refractivity contribution is -0.159. The summed E-state index contributed by atoms with van der Waals surface area (Å²) >= 11 is 0. The third-order valence-corrected chi connectivity index (χ3v) is 6.28. The van der Waals surface area contributed by atoms with Crippen molar-refractivity contribution >= 4 is 28.7 Å². The fourth-order valence-electron chi connectivity index (χ4n) is 4.37. The molecule has 1 aliphatic heterocycles. The van der Waals surface area contributed by atoms with Crippen LogP contribution in [0.3, 0.4) is 0 Å². The highest BCUT2D eigenvalue weighted by molar-refractivity contribution is 6.27. The molecule has 0 saturated carbocycles. The second-order valence-corrected chi connectivity index (χ2v) is 8.79. The van der Waals surface area contributed by atoms with Gasteiger partial charge in [0.1, 0.15) is 12.4 Å². The fraction of sp³-hybridized carbons (Fsp3) is 0.333. The molecule has 9 nitrogen and oxygen atoms in total. The molecule has 0 atom stereocenters. The van der Waals surface area contributed by atoms with Crippen LogP contribution in [-0.4, -0.2) is 63.7 Å². The van der Waals surface area contributed by atoms with Crippen LogP contribution in [0.2, 0.25) is 0 Å². The topological polar surface area (TPSA) is 136 Å². The maximum atomic E-state index is 13.1. The molecule has 194 valence electrons. The van der Waals surface area contributed by atoms with Gasteiger partial charge in [-0.2, -0.15) is 5.26 Å².